The van der Waals surface area contributed by atoms with Gasteiger partial charge in [0.15, 0.2) is 0 Å². The number of rotatable bonds is 4. The molecule has 21 heavy (non-hydrogen) atoms. The molecule has 0 radical (unpaired) electrons. The third-order valence-electron chi connectivity index (χ3n) is 4.24. The maximum atomic E-state index is 12.4. The number of carbonyl (C=O) groups excluding carboxylic acids is 2. The average Bonchev–Trinajstić information content (AvgIpc) is 2.82. The molecule has 1 atom stereocenters. The Bertz CT molecular complexity index is 372. The Morgan fingerprint density at radius 2 is 1.71 bits per heavy atom. The van der Waals surface area contributed by atoms with Crippen molar-refractivity contribution in [3.8, 4) is 0 Å². The molecule has 1 rings (SSSR count). The summed E-state index contributed by atoms with van der Waals surface area (Å²) in [7, 11) is 3.54. The van der Waals surface area contributed by atoms with Crippen LogP contribution in [-0.4, -0.2) is 43.4 Å². The predicted octanol–water partition coefficient (Wildman–Crippen LogP) is 1.55. The Labute approximate surface area is 134 Å². The third kappa shape index (κ3) is 4.85. The molecule has 0 spiro atoms. The summed E-state index contributed by atoms with van der Waals surface area (Å²) in [6, 6.07) is -0.560. The largest absolute Gasteiger partial charge is 0.354 e. The number of nitrogens with one attached hydrogen (secondary N) is 1. The summed E-state index contributed by atoms with van der Waals surface area (Å²) < 4.78 is 0. The highest BCUT2D eigenvalue weighted by Gasteiger charge is 2.42. The van der Waals surface area contributed by atoms with Crippen LogP contribution in [0.3, 0.4) is 0 Å². The highest BCUT2D eigenvalue weighted by atomic mass is 35.5. The van der Waals surface area contributed by atoms with E-state index in [2.05, 4.69) is 5.32 Å². The fraction of sp³-hybridized carbons (Fsp3) is 0.867. The van der Waals surface area contributed by atoms with Crippen molar-refractivity contribution in [2.24, 2.45) is 16.6 Å². The Hall–Kier alpha value is -0.810. The van der Waals surface area contributed by atoms with Crippen molar-refractivity contribution >= 4 is 24.2 Å². The average molecular weight is 320 g/mol. The van der Waals surface area contributed by atoms with E-state index in [1.165, 1.54) is 0 Å². The van der Waals surface area contributed by atoms with E-state index >= 15 is 0 Å². The summed E-state index contributed by atoms with van der Waals surface area (Å²) in [5, 5.41) is 2.90. The number of carbonyl (C=O) groups is 2. The summed E-state index contributed by atoms with van der Waals surface area (Å²) >= 11 is 0. The summed E-state index contributed by atoms with van der Waals surface area (Å²) in [5.74, 6) is -0.0602. The molecule has 5 nitrogen and oxygen atoms in total. The van der Waals surface area contributed by atoms with Gasteiger partial charge in [-0.25, -0.2) is 0 Å². The SMILES string of the molecule is CN(C)C(=O)C1(CNC(=O)[C@@H](N)C(C)(C)C)CCCC1.Cl. The highest BCUT2D eigenvalue weighted by Crippen LogP contribution is 2.39. The van der Waals surface area contributed by atoms with Gasteiger partial charge in [0.2, 0.25) is 11.8 Å². The van der Waals surface area contributed by atoms with Crippen molar-refractivity contribution in [1.29, 1.82) is 0 Å². The lowest BCUT2D eigenvalue weighted by molar-refractivity contribution is -0.139. The molecule has 1 fully saturated rings. The Balaban J connectivity index is 0.00000400. The van der Waals surface area contributed by atoms with E-state index in [1.54, 1.807) is 19.0 Å². The lowest BCUT2D eigenvalue weighted by atomic mass is 9.83. The van der Waals surface area contributed by atoms with Crippen molar-refractivity contribution in [3.05, 3.63) is 0 Å². The minimum atomic E-state index is -0.560. The molecule has 1 aliphatic rings. The molecule has 6 heteroatoms. The number of nitrogens with zero attached hydrogens (tertiary/aromatic N) is 1. The second kappa shape index (κ2) is 7.45. The van der Waals surface area contributed by atoms with Crippen LogP contribution in [0.25, 0.3) is 0 Å². The Kier molecular flexibility index (Phi) is 7.16. The van der Waals surface area contributed by atoms with E-state index in [4.69, 9.17) is 5.73 Å². The second-order valence-corrected chi connectivity index (χ2v) is 7.25. The molecular weight excluding hydrogens is 290 g/mol. The van der Waals surface area contributed by atoms with Crippen LogP contribution in [0.1, 0.15) is 46.5 Å². The van der Waals surface area contributed by atoms with Crippen molar-refractivity contribution in [3.63, 3.8) is 0 Å². The fourth-order valence-electron chi connectivity index (χ4n) is 2.75. The first-order valence-electron chi connectivity index (χ1n) is 7.35. The lowest BCUT2D eigenvalue weighted by Gasteiger charge is -2.32. The summed E-state index contributed by atoms with van der Waals surface area (Å²) in [6.45, 7) is 6.21. The van der Waals surface area contributed by atoms with E-state index in [-0.39, 0.29) is 29.6 Å². The van der Waals surface area contributed by atoms with Gasteiger partial charge in [-0.05, 0) is 18.3 Å². The van der Waals surface area contributed by atoms with E-state index in [0.29, 0.717) is 6.54 Å². The summed E-state index contributed by atoms with van der Waals surface area (Å²) in [4.78, 5) is 26.1. The minimum absolute atomic E-state index is 0. The molecule has 1 aliphatic carbocycles. The van der Waals surface area contributed by atoms with Crippen LogP contribution in [0.5, 0.6) is 0 Å². The normalized spacial score (nSPS) is 18.6. The van der Waals surface area contributed by atoms with Crippen LogP contribution in [-0.2, 0) is 9.59 Å². The third-order valence-corrected chi connectivity index (χ3v) is 4.24. The standard InChI is InChI=1S/C15H29N3O2.ClH/c1-14(2,3)11(16)12(19)17-10-15(8-6-7-9-15)13(20)18(4)5;/h11H,6-10,16H2,1-5H3,(H,17,19);1H/t11-;/m1./s1. The zero-order valence-electron chi connectivity index (χ0n) is 13.9. The van der Waals surface area contributed by atoms with Crippen LogP contribution in [0.2, 0.25) is 0 Å². The van der Waals surface area contributed by atoms with Crippen LogP contribution in [0, 0.1) is 10.8 Å². The van der Waals surface area contributed by atoms with E-state index in [1.807, 2.05) is 20.8 Å². The Morgan fingerprint density at radius 3 is 2.10 bits per heavy atom. The van der Waals surface area contributed by atoms with Gasteiger partial charge in [-0.15, -0.1) is 12.4 Å². The van der Waals surface area contributed by atoms with Crippen molar-refractivity contribution in [1.82, 2.24) is 10.2 Å². The first-order valence-corrected chi connectivity index (χ1v) is 7.35. The number of halogens is 1. The van der Waals surface area contributed by atoms with E-state index in [0.717, 1.165) is 25.7 Å². The van der Waals surface area contributed by atoms with Gasteiger partial charge in [0.25, 0.3) is 0 Å². The number of hydrogen-bond acceptors (Lipinski definition) is 3. The van der Waals surface area contributed by atoms with Crippen LogP contribution >= 0.6 is 12.4 Å². The topological polar surface area (TPSA) is 75.4 Å². The molecule has 0 saturated heterocycles. The van der Waals surface area contributed by atoms with Gasteiger partial charge in [-0.3, -0.25) is 9.59 Å². The van der Waals surface area contributed by atoms with Crippen molar-refractivity contribution in [2.45, 2.75) is 52.5 Å². The van der Waals surface area contributed by atoms with Crippen LogP contribution < -0.4 is 11.1 Å². The summed E-state index contributed by atoms with van der Waals surface area (Å²) in [6.07, 6.45) is 3.77. The zero-order valence-corrected chi connectivity index (χ0v) is 14.7. The summed E-state index contributed by atoms with van der Waals surface area (Å²) in [5.41, 5.74) is 5.24. The molecule has 0 aliphatic heterocycles. The molecular formula is C15H30ClN3O2. The minimum Gasteiger partial charge on any atom is -0.354 e. The first-order chi connectivity index (χ1) is 9.10. The lowest BCUT2D eigenvalue weighted by Crippen LogP contribution is -2.53. The molecule has 0 aromatic rings. The maximum absolute atomic E-state index is 12.4. The molecule has 0 unspecified atom stereocenters. The molecule has 3 N–H and O–H groups in total. The zero-order chi connectivity index (χ0) is 15.6. The molecule has 0 heterocycles. The van der Waals surface area contributed by atoms with Gasteiger partial charge >= 0.3 is 0 Å². The van der Waals surface area contributed by atoms with E-state index in [9.17, 15) is 9.59 Å². The predicted molar refractivity (Wildman–Crippen MR) is 87.3 cm³/mol. The molecule has 0 aromatic heterocycles. The van der Waals surface area contributed by atoms with Crippen molar-refractivity contribution < 1.29 is 9.59 Å². The number of hydrogen-bond donors (Lipinski definition) is 2. The first kappa shape index (κ1) is 20.2. The number of nitrogens with two attached hydrogens (primary N) is 1. The van der Waals surface area contributed by atoms with Crippen molar-refractivity contribution in [2.75, 3.05) is 20.6 Å². The monoisotopic (exact) mass is 319 g/mol. The quantitative estimate of drug-likeness (QED) is 0.825. The van der Waals surface area contributed by atoms with Crippen LogP contribution in [0.15, 0.2) is 0 Å². The van der Waals surface area contributed by atoms with E-state index < -0.39 is 11.5 Å². The van der Waals surface area contributed by atoms with Gasteiger partial charge in [0.1, 0.15) is 0 Å². The molecule has 0 bridgehead atoms. The highest BCUT2D eigenvalue weighted by molar-refractivity contribution is 5.86. The molecule has 0 aromatic carbocycles. The Morgan fingerprint density at radius 1 is 1.24 bits per heavy atom. The van der Waals surface area contributed by atoms with Gasteiger partial charge in [-0.1, -0.05) is 33.6 Å². The number of amides is 2. The molecule has 124 valence electrons. The fourth-order valence-corrected chi connectivity index (χ4v) is 2.75. The molecule has 2 amide bonds. The van der Waals surface area contributed by atoms with Gasteiger partial charge in [-0.2, -0.15) is 0 Å². The van der Waals surface area contributed by atoms with Gasteiger partial charge < -0.3 is 16.0 Å². The second-order valence-electron chi connectivity index (χ2n) is 7.25. The van der Waals surface area contributed by atoms with Gasteiger partial charge in [0.05, 0.1) is 11.5 Å². The molecule has 1 saturated carbocycles. The smallest absolute Gasteiger partial charge is 0.237 e. The van der Waals surface area contributed by atoms with Crippen LogP contribution in [0.4, 0.5) is 0 Å². The van der Waals surface area contributed by atoms with Gasteiger partial charge in [0, 0.05) is 20.6 Å². The maximum Gasteiger partial charge on any atom is 0.237 e.